The second-order valence-electron chi connectivity index (χ2n) is 9.98. The van der Waals surface area contributed by atoms with E-state index in [1.807, 2.05) is 4.52 Å². The van der Waals surface area contributed by atoms with Gasteiger partial charge in [0.2, 0.25) is 0 Å². The molecule has 2 saturated heterocycles. The molecule has 0 radical (unpaired) electrons. The average Bonchev–Trinajstić information content (AvgIpc) is 3.30. The Hall–Kier alpha value is -2.93. The Morgan fingerprint density at radius 3 is 2.55 bits per heavy atom. The third-order valence-electron chi connectivity index (χ3n) is 7.22. The minimum atomic E-state index is 0.348. The van der Waals surface area contributed by atoms with Gasteiger partial charge >= 0.3 is 0 Å². The SMILES string of the molecule is Cc1c(-c2[nH]c3ccc(N4CC5(CN(C)C5)C4)nc3c2C(C)C)cn2ncnc2c1C. The van der Waals surface area contributed by atoms with Gasteiger partial charge in [-0.3, -0.25) is 0 Å². The number of rotatable bonds is 3. The Morgan fingerprint density at radius 1 is 1.06 bits per heavy atom. The van der Waals surface area contributed by atoms with Gasteiger partial charge in [-0.25, -0.2) is 14.5 Å². The summed E-state index contributed by atoms with van der Waals surface area (Å²) in [5, 5.41) is 4.39. The van der Waals surface area contributed by atoms with Gasteiger partial charge < -0.3 is 14.8 Å². The summed E-state index contributed by atoms with van der Waals surface area (Å²) in [5.41, 5.74) is 9.57. The van der Waals surface area contributed by atoms with Gasteiger partial charge in [0.05, 0.1) is 16.7 Å². The van der Waals surface area contributed by atoms with Crippen LogP contribution in [0.5, 0.6) is 0 Å². The van der Waals surface area contributed by atoms with Crippen LogP contribution in [-0.2, 0) is 0 Å². The summed E-state index contributed by atoms with van der Waals surface area (Å²) < 4.78 is 1.88. The van der Waals surface area contributed by atoms with E-state index < -0.39 is 0 Å². The summed E-state index contributed by atoms with van der Waals surface area (Å²) in [6, 6.07) is 4.36. The fourth-order valence-electron chi connectivity index (χ4n) is 5.70. The molecule has 4 aromatic rings. The molecule has 2 aliphatic heterocycles. The molecule has 1 N–H and O–H groups in total. The number of hydrogen-bond donors (Lipinski definition) is 1. The molecule has 160 valence electrons. The molecule has 0 amide bonds. The van der Waals surface area contributed by atoms with Crippen molar-refractivity contribution in [2.24, 2.45) is 5.41 Å². The van der Waals surface area contributed by atoms with E-state index in [4.69, 9.17) is 4.98 Å². The van der Waals surface area contributed by atoms with E-state index in [0.29, 0.717) is 11.3 Å². The predicted molar refractivity (Wildman–Crippen MR) is 124 cm³/mol. The van der Waals surface area contributed by atoms with E-state index in [9.17, 15) is 0 Å². The number of H-pyrrole nitrogens is 1. The molecule has 1 spiro atoms. The lowest BCUT2D eigenvalue weighted by Gasteiger charge is -2.59. The first-order valence-corrected chi connectivity index (χ1v) is 11.1. The van der Waals surface area contributed by atoms with Gasteiger partial charge in [0, 0.05) is 48.9 Å². The number of nitrogens with one attached hydrogen (secondary N) is 1. The van der Waals surface area contributed by atoms with E-state index in [1.54, 1.807) is 6.33 Å². The number of hydrogen-bond acceptors (Lipinski definition) is 5. The fourth-order valence-corrected chi connectivity index (χ4v) is 5.70. The first-order valence-electron chi connectivity index (χ1n) is 11.1. The molecule has 0 aliphatic carbocycles. The van der Waals surface area contributed by atoms with Crippen molar-refractivity contribution in [3.05, 3.63) is 41.3 Å². The van der Waals surface area contributed by atoms with Crippen molar-refractivity contribution in [2.75, 3.05) is 38.1 Å². The van der Waals surface area contributed by atoms with Crippen LogP contribution < -0.4 is 4.90 Å². The van der Waals surface area contributed by atoms with Crippen LogP contribution in [0.4, 0.5) is 5.82 Å². The smallest absolute Gasteiger partial charge is 0.158 e. The van der Waals surface area contributed by atoms with Crippen molar-refractivity contribution in [3.8, 4) is 11.3 Å². The van der Waals surface area contributed by atoms with Crippen LogP contribution in [0.1, 0.15) is 36.5 Å². The van der Waals surface area contributed by atoms with Gasteiger partial charge in [0.15, 0.2) is 5.65 Å². The highest BCUT2D eigenvalue weighted by Crippen LogP contribution is 2.42. The van der Waals surface area contributed by atoms with Crippen molar-refractivity contribution < 1.29 is 0 Å². The second kappa shape index (κ2) is 6.29. The Morgan fingerprint density at radius 2 is 1.84 bits per heavy atom. The minimum absolute atomic E-state index is 0.348. The maximum atomic E-state index is 5.16. The maximum absolute atomic E-state index is 5.16. The Labute approximate surface area is 182 Å². The normalized spacial score (nSPS) is 18.3. The Kier molecular flexibility index (Phi) is 3.82. The highest BCUT2D eigenvalue weighted by atomic mass is 15.3. The third kappa shape index (κ3) is 2.65. The van der Waals surface area contributed by atoms with Crippen molar-refractivity contribution in [1.82, 2.24) is 29.5 Å². The zero-order chi connectivity index (χ0) is 21.5. The number of aromatic amines is 1. The molecule has 2 fully saturated rings. The molecule has 0 atom stereocenters. The molecule has 6 heterocycles. The molecular formula is C24H29N7. The van der Waals surface area contributed by atoms with E-state index in [-0.39, 0.29) is 0 Å². The first kappa shape index (κ1) is 18.8. The molecule has 7 nitrogen and oxygen atoms in total. The number of anilines is 1. The quantitative estimate of drug-likeness (QED) is 0.552. The Bertz CT molecular complexity index is 1310. The maximum Gasteiger partial charge on any atom is 0.158 e. The molecule has 31 heavy (non-hydrogen) atoms. The molecular weight excluding hydrogens is 386 g/mol. The van der Waals surface area contributed by atoms with Crippen LogP contribution in [0.3, 0.4) is 0 Å². The van der Waals surface area contributed by atoms with Gasteiger partial charge in [-0.2, -0.15) is 5.10 Å². The highest BCUT2D eigenvalue weighted by molar-refractivity contribution is 5.90. The van der Waals surface area contributed by atoms with Crippen LogP contribution in [0, 0.1) is 19.3 Å². The molecule has 0 saturated carbocycles. The summed E-state index contributed by atoms with van der Waals surface area (Å²) in [6.07, 6.45) is 3.71. The Balaban J connectivity index is 1.46. The monoisotopic (exact) mass is 415 g/mol. The van der Waals surface area contributed by atoms with Crippen molar-refractivity contribution in [2.45, 2.75) is 33.6 Å². The molecule has 0 aromatic carbocycles. The first-order chi connectivity index (χ1) is 14.8. The fraction of sp³-hybridized carbons (Fsp3) is 0.458. The lowest BCUT2D eigenvalue weighted by atomic mass is 9.73. The summed E-state index contributed by atoms with van der Waals surface area (Å²) in [6.45, 7) is 13.4. The van der Waals surface area contributed by atoms with E-state index >= 15 is 0 Å². The lowest BCUT2D eigenvalue weighted by molar-refractivity contribution is -0.00276. The number of likely N-dealkylation sites (tertiary alicyclic amines) is 1. The molecule has 6 rings (SSSR count). The largest absolute Gasteiger partial charge is 0.355 e. The van der Waals surface area contributed by atoms with Crippen LogP contribution >= 0.6 is 0 Å². The van der Waals surface area contributed by atoms with Crippen LogP contribution in [0.2, 0.25) is 0 Å². The van der Waals surface area contributed by atoms with Gasteiger partial charge in [0.25, 0.3) is 0 Å². The number of nitrogens with zero attached hydrogens (tertiary/aromatic N) is 6. The standard InChI is InChI=1S/C24H29N7/c1-14(2)20-21(17-8-31-23(25-13-26-31)16(4)15(17)3)27-18-6-7-19(28-22(18)20)30-11-24(12-30)9-29(5)10-24/h6-8,13-14,27H,9-12H2,1-5H3. The number of aromatic nitrogens is 5. The zero-order valence-electron chi connectivity index (χ0n) is 18.9. The molecule has 0 unspecified atom stereocenters. The summed E-state index contributed by atoms with van der Waals surface area (Å²) >= 11 is 0. The number of pyridine rings is 2. The summed E-state index contributed by atoms with van der Waals surface area (Å²) in [7, 11) is 2.20. The van der Waals surface area contributed by atoms with Crippen molar-refractivity contribution in [3.63, 3.8) is 0 Å². The van der Waals surface area contributed by atoms with Gasteiger partial charge in [-0.1, -0.05) is 13.8 Å². The minimum Gasteiger partial charge on any atom is -0.355 e. The van der Waals surface area contributed by atoms with E-state index in [0.717, 1.165) is 46.8 Å². The predicted octanol–water partition coefficient (Wildman–Crippen LogP) is 3.76. The van der Waals surface area contributed by atoms with Crippen LogP contribution in [-0.4, -0.2) is 62.7 Å². The summed E-state index contributed by atoms with van der Waals surface area (Å²) in [4.78, 5) is 18.1. The second-order valence-corrected chi connectivity index (χ2v) is 9.98. The number of aryl methyl sites for hydroxylation is 1. The highest BCUT2D eigenvalue weighted by Gasteiger charge is 2.50. The lowest BCUT2D eigenvalue weighted by Crippen LogP contribution is -2.71. The zero-order valence-corrected chi connectivity index (χ0v) is 18.9. The molecule has 2 aliphatic rings. The molecule has 4 aromatic heterocycles. The van der Waals surface area contributed by atoms with Crippen molar-refractivity contribution >= 4 is 22.5 Å². The van der Waals surface area contributed by atoms with E-state index in [1.165, 1.54) is 29.8 Å². The number of fused-ring (bicyclic) bond motifs is 2. The van der Waals surface area contributed by atoms with Gasteiger partial charge in [-0.15, -0.1) is 0 Å². The molecule has 7 heteroatoms. The topological polar surface area (TPSA) is 65.4 Å². The molecule has 0 bridgehead atoms. The van der Waals surface area contributed by atoms with Gasteiger partial charge in [0.1, 0.15) is 12.1 Å². The van der Waals surface area contributed by atoms with Crippen LogP contribution in [0.15, 0.2) is 24.7 Å². The average molecular weight is 416 g/mol. The van der Waals surface area contributed by atoms with Gasteiger partial charge in [-0.05, 0) is 50.1 Å². The van der Waals surface area contributed by atoms with Crippen LogP contribution in [0.25, 0.3) is 27.9 Å². The van der Waals surface area contributed by atoms with E-state index in [2.05, 4.69) is 77.9 Å². The summed E-state index contributed by atoms with van der Waals surface area (Å²) in [5.74, 6) is 1.44. The van der Waals surface area contributed by atoms with Crippen molar-refractivity contribution in [1.29, 1.82) is 0 Å². The third-order valence-corrected chi connectivity index (χ3v) is 7.22.